The summed E-state index contributed by atoms with van der Waals surface area (Å²) in [7, 11) is 0. The molecule has 1 heterocycles. The standard InChI is InChI=1S/C14H21BrFN3O/c1-14(2,19-5-7-20-8-6-19)13(18-17)11-9-10(15)3-4-12(11)16/h3-4,9,13,18H,5-8,17H2,1-2H3. The van der Waals surface area contributed by atoms with Gasteiger partial charge in [0.15, 0.2) is 0 Å². The van der Waals surface area contributed by atoms with Gasteiger partial charge in [-0.1, -0.05) is 15.9 Å². The Balaban J connectivity index is 2.32. The van der Waals surface area contributed by atoms with Crippen LogP contribution in [0.4, 0.5) is 4.39 Å². The molecule has 1 aromatic carbocycles. The Hall–Kier alpha value is -0.530. The summed E-state index contributed by atoms with van der Waals surface area (Å²) in [6.45, 7) is 7.18. The van der Waals surface area contributed by atoms with Gasteiger partial charge in [-0.3, -0.25) is 16.2 Å². The summed E-state index contributed by atoms with van der Waals surface area (Å²) in [5.74, 6) is 5.47. The number of hydrazine groups is 1. The zero-order valence-electron chi connectivity index (χ0n) is 11.8. The molecule has 4 nitrogen and oxygen atoms in total. The van der Waals surface area contributed by atoms with Crippen LogP contribution in [-0.2, 0) is 4.74 Å². The predicted octanol–water partition coefficient (Wildman–Crippen LogP) is 2.20. The van der Waals surface area contributed by atoms with Crippen molar-refractivity contribution in [2.45, 2.75) is 25.4 Å². The summed E-state index contributed by atoms with van der Waals surface area (Å²) in [6.07, 6.45) is 0. The molecule has 2 rings (SSSR count). The van der Waals surface area contributed by atoms with Crippen molar-refractivity contribution < 1.29 is 9.13 Å². The average Bonchev–Trinajstić information content (AvgIpc) is 2.44. The van der Waals surface area contributed by atoms with Gasteiger partial charge in [0.2, 0.25) is 0 Å². The summed E-state index contributed by atoms with van der Waals surface area (Å²) >= 11 is 3.39. The molecule has 1 atom stereocenters. The third-order valence-electron chi connectivity index (χ3n) is 3.97. The molecule has 6 heteroatoms. The van der Waals surface area contributed by atoms with Gasteiger partial charge in [0, 0.05) is 28.7 Å². The molecule has 1 fully saturated rings. The van der Waals surface area contributed by atoms with E-state index in [0.717, 1.165) is 17.6 Å². The van der Waals surface area contributed by atoms with E-state index in [1.807, 2.05) is 0 Å². The van der Waals surface area contributed by atoms with Gasteiger partial charge in [-0.2, -0.15) is 0 Å². The topological polar surface area (TPSA) is 50.5 Å². The molecule has 3 N–H and O–H groups in total. The van der Waals surface area contributed by atoms with E-state index in [2.05, 4.69) is 40.1 Å². The highest BCUT2D eigenvalue weighted by Gasteiger charge is 2.37. The zero-order chi connectivity index (χ0) is 14.8. The van der Waals surface area contributed by atoms with Gasteiger partial charge in [-0.25, -0.2) is 4.39 Å². The maximum absolute atomic E-state index is 14.1. The molecule has 1 saturated heterocycles. The Bertz CT molecular complexity index is 464. The number of nitrogens with zero attached hydrogens (tertiary/aromatic N) is 1. The van der Waals surface area contributed by atoms with Gasteiger partial charge in [-0.15, -0.1) is 0 Å². The van der Waals surface area contributed by atoms with Gasteiger partial charge in [0.25, 0.3) is 0 Å². The van der Waals surface area contributed by atoms with E-state index in [4.69, 9.17) is 10.6 Å². The summed E-state index contributed by atoms with van der Waals surface area (Å²) < 4.78 is 20.4. The normalized spacial score (nSPS) is 19.1. The maximum Gasteiger partial charge on any atom is 0.128 e. The molecule has 0 saturated carbocycles. The van der Waals surface area contributed by atoms with Crippen LogP contribution in [-0.4, -0.2) is 36.7 Å². The number of rotatable bonds is 4. The van der Waals surface area contributed by atoms with E-state index in [0.29, 0.717) is 18.8 Å². The van der Waals surface area contributed by atoms with Crippen LogP contribution in [0.15, 0.2) is 22.7 Å². The van der Waals surface area contributed by atoms with Gasteiger partial charge >= 0.3 is 0 Å². The summed E-state index contributed by atoms with van der Waals surface area (Å²) in [6, 6.07) is 4.62. The van der Waals surface area contributed by atoms with E-state index in [9.17, 15) is 4.39 Å². The molecule has 0 amide bonds. The first-order valence-electron chi connectivity index (χ1n) is 6.70. The number of nitrogens with two attached hydrogens (primary N) is 1. The van der Waals surface area contributed by atoms with Gasteiger partial charge in [-0.05, 0) is 32.0 Å². The smallest absolute Gasteiger partial charge is 0.128 e. The number of nitrogens with one attached hydrogen (secondary N) is 1. The number of morpholine rings is 1. The van der Waals surface area contributed by atoms with Crippen LogP contribution >= 0.6 is 15.9 Å². The van der Waals surface area contributed by atoms with Crippen molar-refractivity contribution in [3.05, 3.63) is 34.1 Å². The van der Waals surface area contributed by atoms with Crippen LogP contribution in [0.25, 0.3) is 0 Å². The van der Waals surface area contributed by atoms with E-state index in [1.165, 1.54) is 6.07 Å². The van der Waals surface area contributed by atoms with Gasteiger partial charge in [0.05, 0.1) is 19.3 Å². The third kappa shape index (κ3) is 3.20. The van der Waals surface area contributed by atoms with Crippen LogP contribution in [0.1, 0.15) is 25.5 Å². The second-order valence-electron chi connectivity index (χ2n) is 5.52. The number of halogens is 2. The molecule has 20 heavy (non-hydrogen) atoms. The van der Waals surface area contributed by atoms with E-state index < -0.39 is 0 Å². The maximum atomic E-state index is 14.1. The van der Waals surface area contributed by atoms with Crippen LogP contribution in [0.3, 0.4) is 0 Å². The van der Waals surface area contributed by atoms with Crippen LogP contribution in [0.5, 0.6) is 0 Å². The van der Waals surface area contributed by atoms with Crippen LogP contribution in [0.2, 0.25) is 0 Å². The fourth-order valence-corrected chi connectivity index (χ4v) is 3.11. The Kier molecular flexibility index (Phi) is 5.14. The largest absolute Gasteiger partial charge is 0.379 e. The van der Waals surface area contributed by atoms with Crippen LogP contribution < -0.4 is 11.3 Å². The summed E-state index contributed by atoms with van der Waals surface area (Å²) in [5.41, 5.74) is 3.03. The van der Waals surface area contributed by atoms with E-state index >= 15 is 0 Å². The van der Waals surface area contributed by atoms with Gasteiger partial charge < -0.3 is 4.74 Å². The first-order valence-corrected chi connectivity index (χ1v) is 7.50. The molecule has 1 aliphatic rings. The quantitative estimate of drug-likeness (QED) is 0.648. The van der Waals surface area contributed by atoms with E-state index in [-0.39, 0.29) is 17.4 Å². The Morgan fingerprint density at radius 1 is 1.40 bits per heavy atom. The Morgan fingerprint density at radius 2 is 2.05 bits per heavy atom. The lowest BCUT2D eigenvalue weighted by Crippen LogP contribution is -2.57. The minimum atomic E-state index is -0.319. The number of benzene rings is 1. The number of ether oxygens (including phenoxy) is 1. The first kappa shape index (κ1) is 15.9. The number of hydrogen-bond acceptors (Lipinski definition) is 4. The van der Waals surface area contributed by atoms with Crippen molar-refractivity contribution in [3.63, 3.8) is 0 Å². The molecule has 0 radical (unpaired) electrons. The molecule has 0 bridgehead atoms. The second kappa shape index (κ2) is 6.49. The fourth-order valence-electron chi connectivity index (χ4n) is 2.73. The van der Waals surface area contributed by atoms with E-state index in [1.54, 1.807) is 12.1 Å². The highest BCUT2D eigenvalue weighted by Crippen LogP contribution is 2.33. The SMILES string of the molecule is CC(C)(C(NN)c1cc(Br)ccc1F)N1CCOCC1. The minimum Gasteiger partial charge on any atom is -0.379 e. The summed E-state index contributed by atoms with van der Waals surface area (Å²) in [4.78, 5) is 2.28. The molecule has 0 aliphatic carbocycles. The molecule has 1 aliphatic heterocycles. The molecule has 1 aromatic rings. The Morgan fingerprint density at radius 3 is 2.65 bits per heavy atom. The van der Waals surface area contributed by atoms with Crippen molar-refractivity contribution in [2.75, 3.05) is 26.3 Å². The fraction of sp³-hybridized carbons (Fsp3) is 0.571. The lowest BCUT2D eigenvalue weighted by atomic mass is 9.86. The first-order chi connectivity index (χ1) is 9.46. The highest BCUT2D eigenvalue weighted by atomic mass is 79.9. The summed E-state index contributed by atoms with van der Waals surface area (Å²) in [5, 5.41) is 0. The average molecular weight is 346 g/mol. The van der Waals surface area contributed by atoms with Crippen molar-refractivity contribution in [1.82, 2.24) is 10.3 Å². The number of hydrogen-bond donors (Lipinski definition) is 2. The van der Waals surface area contributed by atoms with Crippen molar-refractivity contribution in [1.29, 1.82) is 0 Å². The van der Waals surface area contributed by atoms with Crippen molar-refractivity contribution >= 4 is 15.9 Å². The molecule has 0 aromatic heterocycles. The second-order valence-corrected chi connectivity index (χ2v) is 6.43. The predicted molar refractivity (Wildman–Crippen MR) is 80.6 cm³/mol. The minimum absolute atomic E-state index is 0.252. The molecule has 1 unspecified atom stereocenters. The van der Waals surface area contributed by atoms with Gasteiger partial charge in [0.1, 0.15) is 5.82 Å². The highest BCUT2D eigenvalue weighted by molar-refractivity contribution is 9.10. The van der Waals surface area contributed by atoms with Crippen LogP contribution in [0, 0.1) is 5.82 Å². The van der Waals surface area contributed by atoms with Crippen molar-refractivity contribution in [2.24, 2.45) is 5.84 Å². The third-order valence-corrected chi connectivity index (χ3v) is 4.46. The molecular weight excluding hydrogens is 325 g/mol. The van der Waals surface area contributed by atoms with Crippen molar-refractivity contribution in [3.8, 4) is 0 Å². The Labute approximate surface area is 127 Å². The molecular formula is C14H21BrFN3O. The molecule has 0 spiro atoms. The lowest BCUT2D eigenvalue weighted by Gasteiger charge is -2.45. The monoisotopic (exact) mass is 345 g/mol. The molecule has 112 valence electrons. The lowest BCUT2D eigenvalue weighted by molar-refractivity contribution is -0.0242. The zero-order valence-corrected chi connectivity index (χ0v) is 13.4.